The van der Waals surface area contributed by atoms with Crippen molar-refractivity contribution in [3.8, 4) is 6.07 Å². The summed E-state index contributed by atoms with van der Waals surface area (Å²) in [7, 11) is 0. The average molecular weight is 280 g/mol. The molecule has 5 heteroatoms. The second kappa shape index (κ2) is 4.93. The zero-order valence-corrected chi connectivity index (χ0v) is 11.3. The molecule has 0 radical (unpaired) electrons. The van der Waals surface area contributed by atoms with Gasteiger partial charge >= 0.3 is 0 Å². The molecule has 18 heavy (non-hydrogen) atoms. The Kier molecular flexibility index (Phi) is 3.51. The fourth-order valence-electron chi connectivity index (χ4n) is 1.78. The Morgan fingerprint density at radius 3 is 2.67 bits per heavy atom. The summed E-state index contributed by atoms with van der Waals surface area (Å²) in [6, 6.07) is 9.10. The van der Waals surface area contributed by atoms with Gasteiger partial charge in [-0.1, -0.05) is 29.3 Å². The summed E-state index contributed by atoms with van der Waals surface area (Å²) in [6.07, 6.45) is 0. The van der Waals surface area contributed by atoms with E-state index < -0.39 is 0 Å². The fraction of sp³-hybridized carbons (Fsp3) is 0.154. The standard InChI is InChI=1S/C13H11Cl2N3/c1-8-13(17)5-11(6-16)18(8)7-9-2-3-10(14)4-12(9)15/h2-5H,7,17H2,1H3. The lowest BCUT2D eigenvalue weighted by atomic mass is 10.2. The fourth-order valence-corrected chi connectivity index (χ4v) is 2.25. The van der Waals surface area contributed by atoms with Crippen molar-refractivity contribution in [2.45, 2.75) is 13.5 Å². The molecule has 0 saturated heterocycles. The number of halogens is 2. The highest BCUT2D eigenvalue weighted by molar-refractivity contribution is 6.35. The Morgan fingerprint density at radius 1 is 1.33 bits per heavy atom. The number of nitrogens with zero attached hydrogens (tertiary/aromatic N) is 2. The predicted molar refractivity (Wildman–Crippen MR) is 73.9 cm³/mol. The SMILES string of the molecule is Cc1c(N)cc(C#N)n1Cc1ccc(Cl)cc1Cl. The van der Waals surface area contributed by atoms with E-state index in [4.69, 9.17) is 34.2 Å². The van der Waals surface area contributed by atoms with Crippen LogP contribution in [0, 0.1) is 18.3 Å². The van der Waals surface area contributed by atoms with Crippen LogP contribution in [0.3, 0.4) is 0 Å². The van der Waals surface area contributed by atoms with Crippen LogP contribution in [0.25, 0.3) is 0 Å². The highest BCUT2D eigenvalue weighted by Gasteiger charge is 2.11. The predicted octanol–water partition coefficient (Wildman–Crippen LogP) is 3.61. The number of hydrogen-bond acceptors (Lipinski definition) is 2. The molecule has 2 N–H and O–H groups in total. The Morgan fingerprint density at radius 2 is 2.06 bits per heavy atom. The molecule has 1 heterocycles. The molecule has 1 aromatic carbocycles. The molecule has 0 saturated carbocycles. The monoisotopic (exact) mass is 279 g/mol. The van der Waals surface area contributed by atoms with Crippen LogP contribution < -0.4 is 5.73 Å². The van der Waals surface area contributed by atoms with Crippen molar-refractivity contribution in [3.05, 3.63) is 51.3 Å². The van der Waals surface area contributed by atoms with Crippen LogP contribution in [-0.2, 0) is 6.54 Å². The molecular weight excluding hydrogens is 269 g/mol. The molecule has 92 valence electrons. The first-order valence-corrected chi connectivity index (χ1v) is 6.08. The topological polar surface area (TPSA) is 54.7 Å². The number of rotatable bonds is 2. The van der Waals surface area contributed by atoms with Crippen LogP contribution in [-0.4, -0.2) is 4.57 Å². The van der Waals surface area contributed by atoms with E-state index in [1.165, 1.54) is 0 Å². The van der Waals surface area contributed by atoms with Crippen LogP contribution >= 0.6 is 23.2 Å². The molecule has 0 unspecified atom stereocenters. The molecule has 0 bridgehead atoms. The highest BCUT2D eigenvalue weighted by Crippen LogP contribution is 2.24. The van der Waals surface area contributed by atoms with E-state index in [-0.39, 0.29) is 0 Å². The number of nitrogen functional groups attached to an aromatic ring is 1. The zero-order valence-electron chi connectivity index (χ0n) is 9.74. The first kappa shape index (κ1) is 12.8. The lowest BCUT2D eigenvalue weighted by Gasteiger charge is -2.10. The maximum Gasteiger partial charge on any atom is 0.122 e. The highest BCUT2D eigenvalue weighted by atomic mass is 35.5. The quantitative estimate of drug-likeness (QED) is 0.913. The van der Waals surface area contributed by atoms with Crippen LogP contribution in [0.1, 0.15) is 17.0 Å². The molecule has 1 aromatic heterocycles. The molecule has 2 aromatic rings. The summed E-state index contributed by atoms with van der Waals surface area (Å²) in [4.78, 5) is 0. The first-order valence-electron chi connectivity index (χ1n) is 5.32. The van der Waals surface area contributed by atoms with E-state index in [2.05, 4.69) is 6.07 Å². The second-order valence-electron chi connectivity index (χ2n) is 4.00. The summed E-state index contributed by atoms with van der Waals surface area (Å²) in [6.45, 7) is 2.38. The van der Waals surface area contributed by atoms with Gasteiger partial charge in [-0.3, -0.25) is 0 Å². The minimum atomic E-state index is 0.502. The van der Waals surface area contributed by atoms with E-state index >= 15 is 0 Å². The summed E-state index contributed by atoms with van der Waals surface area (Å²) in [5, 5.41) is 10.2. The Bertz CT molecular complexity index is 638. The number of anilines is 1. The Balaban J connectivity index is 2.43. The van der Waals surface area contributed by atoms with Crippen molar-refractivity contribution >= 4 is 28.9 Å². The number of benzene rings is 1. The molecule has 0 atom stereocenters. The third-order valence-electron chi connectivity index (χ3n) is 2.86. The minimum Gasteiger partial charge on any atom is -0.397 e. The van der Waals surface area contributed by atoms with Gasteiger partial charge in [0.1, 0.15) is 11.8 Å². The largest absolute Gasteiger partial charge is 0.397 e. The van der Waals surface area contributed by atoms with Gasteiger partial charge < -0.3 is 10.3 Å². The lowest BCUT2D eigenvalue weighted by Crippen LogP contribution is -2.05. The third kappa shape index (κ3) is 2.31. The van der Waals surface area contributed by atoms with Gasteiger partial charge in [0.15, 0.2) is 0 Å². The average Bonchev–Trinajstić information content (AvgIpc) is 2.60. The van der Waals surface area contributed by atoms with Gasteiger partial charge in [0.25, 0.3) is 0 Å². The second-order valence-corrected chi connectivity index (χ2v) is 4.85. The number of aromatic nitrogens is 1. The zero-order chi connectivity index (χ0) is 13.3. The molecule has 2 rings (SSSR count). The Hall–Kier alpha value is -1.63. The number of hydrogen-bond donors (Lipinski definition) is 1. The maximum absolute atomic E-state index is 9.07. The number of nitrogens with two attached hydrogens (primary N) is 1. The van der Waals surface area contributed by atoms with E-state index in [1.807, 2.05) is 17.6 Å². The Labute approximate surface area is 115 Å². The van der Waals surface area contributed by atoms with Crippen molar-refractivity contribution < 1.29 is 0 Å². The van der Waals surface area contributed by atoms with Gasteiger partial charge in [0.2, 0.25) is 0 Å². The molecule has 0 aliphatic heterocycles. The molecule has 0 fully saturated rings. The van der Waals surface area contributed by atoms with Crippen LogP contribution in [0.2, 0.25) is 10.0 Å². The van der Waals surface area contributed by atoms with E-state index in [1.54, 1.807) is 18.2 Å². The van der Waals surface area contributed by atoms with E-state index in [0.29, 0.717) is 28.0 Å². The molecule has 0 aliphatic rings. The third-order valence-corrected chi connectivity index (χ3v) is 3.45. The van der Waals surface area contributed by atoms with Gasteiger partial charge in [-0.15, -0.1) is 0 Å². The van der Waals surface area contributed by atoms with Crippen LogP contribution in [0.15, 0.2) is 24.3 Å². The summed E-state index contributed by atoms with van der Waals surface area (Å²) < 4.78 is 1.84. The molecule has 3 nitrogen and oxygen atoms in total. The van der Waals surface area contributed by atoms with E-state index in [9.17, 15) is 0 Å². The molecule has 0 aliphatic carbocycles. The van der Waals surface area contributed by atoms with Gasteiger partial charge in [0, 0.05) is 15.7 Å². The van der Waals surface area contributed by atoms with Gasteiger partial charge in [0.05, 0.1) is 12.2 Å². The normalized spacial score (nSPS) is 10.3. The van der Waals surface area contributed by atoms with Gasteiger partial charge in [-0.2, -0.15) is 5.26 Å². The molecular formula is C13H11Cl2N3. The smallest absolute Gasteiger partial charge is 0.122 e. The summed E-state index contributed by atoms with van der Waals surface area (Å²) in [5.41, 5.74) is 8.70. The van der Waals surface area contributed by atoms with E-state index in [0.717, 1.165) is 11.3 Å². The summed E-state index contributed by atoms with van der Waals surface area (Å²) >= 11 is 12.0. The van der Waals surface area contributed by atoms with Crippen molar-refractivity contribution in [2.24, 2.45) is 0 Å². The van der Waals surface area contributed by atoms with Crippen molar-refractivity contribution in [2.75, 3.05) is 5.73 Å². The summed E-state index contributed by atoms with van der Waals surface area (Å²) in [5.74, 6) is 0. The van der Waals surface area contributed by atoms with Gasteiger partial charge in [-0.05, 0) is 30.7 Å². The van der Waals surface area contributed by atoms with Crippen molar-refractivity contribution in [3.63, 3.8) is 0 Å². The minimum absolute atomic E-state index is 0.502. The van der Waals surface area contributed by atoms with Gasteiger partial charge in [-0.25, -0.2) is 0 Å². The van der Waals surface area contributed by atoms with Crippen molar-refractivity contribution in [1.82, 2.24) is 4.57 Å². The first-order chi connectivity index (χ1) is 8.52. The van der Waals surface area contributed by atoms with Crippen LogP contribution in [0.5, 0.6) is 0 Å². The molecule has 0 amide bonds. The number of nitriles is 1. The van der Waals surface area contributed by atoms with Crippen LogP contribution in [0.4, 0.5) is 5.69 Å². The lowest BCUT2D eigenvalue weighted by molar-refractivity contribution is 0.766. The van der Waals surface area contributed by atoms with Crippen molar-refractivity contribution in [1.29, 1.82) is 5.26 Å². The molecule has 0 spiro atoms. The maximum atomic E-state index is 9.07.